The summed E-state index contributed by atoms with van der Waals surface area (Å²) in [4.78, 5) is 21.4. The van der Waals surface area contributed by atoms with Crippen molar-refractivity contribution in [3.8, 4) is 0 Å². The predicted molar refractivity (Wildman–Crippen MR) is 56.8 cm³/mol. The summed E-state index contributed by atoms with van der Waals surface area (Å²) < 4.78 is 4.62. The molecule has 0 radical (unpaired) electrons. The van der Waals surface area contributed by atoms with E-state index in [0.717, 1.165) is 24.7 Å². The van der Waals surface area contributed by atoms with Gasteiger partial charge in [-0.3, -0.25) is 0 Å². The first-order chi connectivity index (χ1) is 7.27. The molecule has 0 saturated carbocycles. The highest BCUT2D eigenvalue weighted by molar-refractivity contribution is 5.89. The van der Waals surface area contributed by atoms with Crippen molar-refractivity contribution in [1.82, 2.24) is 0 Å². The number of esters is 1. The molecule has 3 heteroatoms. The quantitative estimate of drug-likeness (QED) is 0.420. The molecule has 0 amide bonds. The van der Waals surface area contributed by atoms with Gasteiger partial charge >= 0.3 is 5.97 Å². The molecule has 0 heterocycles. The van der Waals surface area contributed by atoms with Gasteiger partial charge in [0.15, 0.2) is 0 Å². The Hall–Kier alpha value is -1.64. The number of ether oxygens (including phenoxy) is 1. The number of aldehydes is 1. The molecule has 80 valence electrons. The summed E-state index contributed by atoms with van der Waals surface area (Å²) in [5.41, 5.74) is 1.61. The smallest absolute Gasteiger partial charge is 0.337 e. The van der Waals surface area contributed by atoms with E-state index in [0.29, 0.717) is 12.0 Å². The van der Waals surface area contributed by atoms with Crippen LogP contribution < -0.4 is 0 Å². The monoisotopic (exact) mass is 206 g/mol. The lowest BCUT2D eigenvalue weighted by Gasteiger charge is -2.02. The molecule has 0 aromatic heterocycles. The predicted octanol–water partition coefficient (Wildman–Crippen LogP) is 1.99. The number of hydrogen-bond donors (Lipinski definition) is 0. The Bertz CT molecular complexity index is 344. The van der Waals surface area contributed by atoms with Crippen LogP contribution in [-0.2, 0) is 16.0 Å². The van der Waals surface area contributed by atoms with E-state index >= 15 is 0 Å². The number of unbranched alkanes of at least 4 members (excludes halogenated alkanes) is 1. The first kappa shape index (κ1) is 11.4. The standard InChI is InChI=1S/C12H14O3/c1-15-12(14)11-7-4-6-10(9-11)5-2-3-8-13/h4,6-9H,2-3,5H2,1H3. The largest absolute Gasteiger partial charge is 0.465 e. The maximum absolute atomic E-state index is 11.2. The van der Waals surface area contributed by atoms with Crippen LogP contribution in [-0.4, -0.2) is 19.4 Å². The number of carbonyl (C=O) groups excluding carboxylic acids is 2. The van der Waals surface area contributed by atoms with E-state index in [1.807, 2.05) is 12.1 Å². The van der Waals surface area contributed by atoms with Gasteiger partial charge in [-0.2, -0.15) is 0 Å². The Kier molecular flexibility index (Phi) is 4.54. The Morgan fingerprint density at radius 3 is 2.93 bits per heavy atom. The van der Waals surface area contributed by atoms with Crippen molar-refractivity contribution in [3.05, 3.63) is 35.4 Å². The topological polar surface area (TPSA) is 43.4 Å². The van der Waals surface area contributed by atoms with Crippen LogP contribution in [0.3, 0.4) is 0 Å². The van der Waals surface area contributed by atoms with E-state index in [9.17, 15) is 9.59 Å². The van der Waals surface area contributed by atoms with Gasteiger partial charge in [-0.25, -0.2) is 4.79 Å². The molecule has 0 aliphatic heterocycles. The molecule has 0 aliphatic rings. The lowest BCUT2D eigenvalue weighted by molar-refractivity contribution is -0.107. The zero-order valence-electron chi connectivity index (χ0n) is 8.73. The second-order valence-corrected chi connectivity index (χ2v) is 3.25. The fourth-order valence-electron chi connectivity index (χ4n) is 1.36. The van der Waals surface area contributed by atoms with Crippen LogP contribution in [0, 0.1) is 0 Å². The van der Waals surface area contributed by atoms with Gasteiger partial charge in [-0.15, -0.1) is 0 Å². The molecule has 1 aromatic rings. The Morgan fingerprint density at radius 2 is 2.27 bits per heavy atom. The van der Waals surface area contributed by atoms with E-state index in [1.165, 1.54) is 7.11 Å². The van der Waals surface area contributed by atoms with Crippen molar-refractivity contribution >= 4 is 12.3 Å². The average molecular weight is 206 g/mol. The molecule has 1 rings (SSSR count). The lowest BCUT2D eigenvalue weighted by atomic mass is 10.1. The van der Waals surface area contributed by atoms with E-state index < -0.39 is 0 Å². The van der Waals surface area contributed by atoms with Crippen LogP contribution >= 0.6 is 0 Å². The molecule has 0 N–H and O–H groups in total. The van der Waals surface area contributed by atoms with E-state index in [2.05, 4.69) is 4.74 Å². The van der Waals surface area contributed by atoms with Gasteiger partial charge in [0, 0.05) is 6.42 Å². The number of rotatable bonds is 5. The summed E-state index contributed by atoms with van der Waals surface area (Å²) in [7, 11) is 1.36. The average Bonchev–Trinajstić information content (AvgIpc) is 2.29. The van der Waals surface area contributed by atoms with Crippen LogP contribution in [0.15, 0.2) is 24.3 Å². The van der Waals surface area contributed by atoms with E-state index in [4.69, 9.17) is 0 Å². The molecule has 1 aromatic carbocycles. The molecule has 0 fully saturated rings. The molecule has 0 bridgehead atoms. The van der Waals surface area contributed by atoms with Crippen molar-refractivity contribution in [2.45, 2.75) is 19.3 Å². The molecular weight excluding hydrogens is 192 g/mol. The molecule has 0 atom stereocenters. The summed E-state index contributed by atoms with van der Waals surface area (Å²) in [6.07, 6.45) is 3.09. The molecule has 0 saturated heterocycles. The fourth-order valence-corrected chi connectivity index (χ4v) is 1.36. The Labute approximate surface area is 89.1 Å². The third-order valence-corrected chi connectivity index (χ3v) is 2.14. The first-order valence-corrected chi connectivity index (χ1v) is 4.89. The minimum absolute atomic E-state index is 0.327. The van der Waals surface area contributed by atoms with Gasteiger partial charge in [-0.05, 0) is 30.5 Å². The maximum atomic E-state index is 11.2. The van der Waals surface area contributed by atoms with Gasteiger partial charge in [0.1, 0.15) is 6.29 Å². The molecule has 0 aliphatic carbocycles. The second-order valence-electron chi connectivity index (χ2n) is 3.25. The van der Waals surface area contributed by atoms with Crippen molar-refractivity contribution in [2.75, 3.05) is 7.11 Å². The van der Waals surface area contributed by atoms with Crippen LogP contribution in [0.1, 0.15) is 28.8 Å². The van der Waals surface area contributed by atoms with E-state index in [1.54, 1.807) is 12.1 Å². The molecule has 0 unspecified atom stereocenters. The highest BCUT2D eigenvalue weighted by Gasteiger charge is 2.04. The summed E-state index contributed by atoms with van der Waals surface area (Å²) >= 11 is 0. The zero-order chi connectivity index (χ0) is 11.1. The summed E-state index contributed by atoms with van der Waals surface area (Å²) in [6, 6.07) is 7.28. The van der Waals surface area contributed by atoms with Crippen LogP contribution in [0.4, 0.5) is 0 Å². The molecule has 3 nitrogen and oxygen atoms in total. The van der Waals surface area contributed by atoms with Crippen molar-refractivity contribution in [1.29, 1.82) is 0 Å². The Morgan fingerprint density at radius 1 is 1.47 bits per heavy atom. The minimum Gasteiger partial charge on any atom is -0.465 e. The number of methoxy groups -OCH3 is 1. The number of benzene rings is 1. The maximum Gasteiger partial charge on any atom is 0.337 e. The SMILES string of the molecule is COC(=O)c1cccc(CCCC=O)c1. The third-order valence-electron chi connectivity index (χ3n) is 2.14. The van der Waals surface area contributed by atoms with Gasteiger partial charge in [0.05, 0.1) is 12.7 Å². The van der Waals surface area contributed by atoms with Gasteiger partial charge in [-0.1, -0.05) is 12.1 Å². The minimum atomic E-state index is -0.327. The fraction of sp³-hybridized carbons (Fsp3) is 0.333. The molecular formula is C12H14O3. The highest BCUT2D eigenvalue weighted by Crippen LogP contribution is 2.09. The van der Waals surface area contributed by atoms with Crippen LogP contribution in [0.25, 0.3) is 0 Å². The summed E-state index contributed by atoms with van der Waals surface area (Å²) in [6.45, 7) is 0. The van der Waals surface area contributed by atoms with Crippen molar-refractivity contribution in [2.24, 2.45) is 0 Å². The number of aryl methyl sites for hydroxylation is 1. The van der Waals surface area contributed by atoms with Crippen LogP contribution in [0.5, 0.6) is 0 Å². The summed E-state index contributed by atoms with van der Waals surface area (Å²) in [5.74, 6) is -0.327. The lowest BCUT2D eigenvalue weighted by Crippen LogP contribution is -2.01. The van der Waals surface area contributed by atoms with Crippen LogP contribution in [0.2, 0.25) is 0 Å². The Balaban J connectivity index is 2.65. The van der Waals surface area contributed by atoms with Gasteiger partial charge in [0.25, 0.3) is 0 Å². The highest BCUT2D eigenvalue weighted by atomic mass is 16.5. The van der Waals surface area contributed by atoms with Gasteiger partial charge < -0.3 is 9.53 Å². The summed E-state index contributed by atoms with van der Waals surface area (Å²) in [5, 5.41) is 0. The molecule has 0 spiro atoms. The normalized spacial score (nSPS) is 9.67. The third kappa shape index (κ3) is 3.54. The number of carbonyl (C=O) groups is 2. The molecule has 15 heavy (non-hydrogen) atoms. The van der Waals surface area contributed by atoms with E-state index in [-0.39, 0.29) is 5.97 Å². The zero-order valence-corrected chi connectivity index (χ0v) is 8.73. The number of hydrogen-bond acceptors (Lipinski definition) is 3. The second kappa shape index (κ2) is 5.96. The van der Waals surface area contributed by atoms with Crippen molar-refractivity contribution < 1.29 is 14.3 Å². The first-order valence-electron chi connectivity index (χ1n) is 4.89. The van der Waals surface area contributed by atoms with Gasteiger partial charge in [0.2, 0.25) is 0 Å². The van der Waals surface area contributed by atoms with Crippen molar-refractivity contribution in [3.63, 3.8) is 0 Å².